The van der Waals surface area contributed by atoms with E-state index in [1.54, 1.807) is 24.3 Å². The lowest BCUT2D eigenvalue weighted by molar-refractivity contribution is -0.394. The summed E-state index contributed by atoms with van der Waals surface area (Å²) in [5.74, 6) is 0. The molecule has 0 aliphatic carbocycles. The molecule has 0 aliphatic heterocycles. The topological polar surface area (TPSA) is 177 Å². The molecular formula is C18H15N5O7S. The number of nitrogens with zero attached hydrogens (tertiary/aromatic N) is 4. The van der Waals surface area contributed by atoms with Gasteiger partial charge in [0.05, 0.1) is 21.6 Å². The van der Waals surface area contributed by atoms with Crippen LogP contribution in [0.2, 0.25) is 0 Å². The number of nitrogens with one attached hydrogen (secondary N) is 1. The van der Waals surface area contributed by atoms with Crippen molar-refractivity contribution in [2.45, 2.75) is 11.8 Å². The lowest BCUT2D eigenvalue weighted by Crippen LogP contribution is -2.03. The molecule has 12 nitrogen and oxygen atoms in total. The molecule has 3 rings (SSSR count). The Labute approximate surface area is 175 Å². The van der Waals surface area contributed by atoms with Gasteiger partial charge in [0.2, 0.25) is 0 Å². The molecule has 0 unspecified atom stereocenters. The van der Waals surface area contributed by atoms with Gasteiger partial charge in [-0.1, -0.05) is 30.3 Å². The Morgan fingerprint density at radius 2 is 1.68 bits per heavy atom. The van der Waals surface area contributed by atoms with Crippen LogP contribution in [-0.2, 0) is 10.1 Å². The summed E-state index contributed by atoms with van der Waals surface area (Å²) in [4.78, 5) is 19.4. The summed E-state index contributed by atoms with van der Waals surface area (Å²) in [6.45, 7) is 2.36. The van der Waals surface area contributed by atoms with E-state index in [1.165, 1.54) is 0 Å². The van der Waals surface area contributed by atoms with Gasteiger partial charge in [0.15, 0.2) is 5.69 Å². The number of hydrogen-bond donors (Lipinski definition) is 2. The molecule has 3 aromatic carbocycles. The molecule has 0 heterocycles. The van der Waals surface area contributed by atoms with Crippen LogP contribution in [0.5, 0.6) is 0 Å². The minimum absolute atomic E-state index is 0.272. The van der Waals surface area contributed by atoms with E-state index in [1.807, 2.05) is 19.1 Å². The SMILES string of the molecule is CCNc1ccc2ccccc2c1N=Nc1c([N+](=O)[O-])cc([N+](=O)[O-])cc1S(=O)(=O)O. The number of rotatable bonds is 7. The average molecular weight is 445 g/mol. The highest BCUT2D eigenvalue weighted by atomic mass is 32.2. The van der Waals surface area contributed by atoms with E-state index in [4.69, 9.17) is 0 Å². The monoisotopic (exact) mass is 445 g/mol. The number of anilines is 1. The van der Waals surface area contributed by atoms with Crippen molar-refractivity contribution < 1.29 is 22.8 Å². The molecule has 0 bridgehead atoms. The van der Waals surface area contributed by atoms with Crippen molar-refractivity contribution in [3.8, 4) is 0 Å². The maximum absolute atomic E-state index is 11.8. The summed E-state index contributed by atoms with van der Waals surface area (Å²) >= 11 is 0. The molecule has 0 saturated carbocycles. The summed E-state index contributed by atoms with van der Waals surface area (Å²) in [5.41, 5.74) is -1.90. The minimum Gasteiger partial charge on any atom is -0.384 e. The number of azo groups is 1. The minimum atomic E-state index is -5.09. The highest BCUT2D eigenvalue weighted by molar-refractivity contribution is 7.86. The van der Waals surface area contributed by atoms with Gasteiger partial charge in [-0.2, -0.15) is 8.42 Å². The Hall–Kier alpha value is -3.97. The van der Waals surface area contributed by atoms with Gasteiger partial charge in [0.1, 0.15) is 10.6 Å². The molecule has 0 aromatic heterocycles. The average Bonchev–Trinajstić information content (AvgIpc) is 2.71. The van der Waals surface area contributed by atoms with Crippen LogP contribution in [0.1, 0.15) is 6.92 Å². The predicted octanol–water partition coefficient (Wildman–Crippen LogP) is 4.75. The van der Waals surface area contributed by atoms with Crippen molar-refractivity contribution in [2.75, 3.05) is 11.9 Å². The Bertz CT molecular complexity index is 1340. The third-order valence-electron chi connectivity index (χ3n) is 4.24. The molecule has 0 spiro atoms. The van der Waals surface area contributed by atoms with Crippen LogP contribution in [0, 0.1) is 20.2 Å². The van der Waals surface area contributed by atoms with E-state index in [-0.39, 0.29) is 5.69 Å². The Morgan fingerprint density at radius 3 is 2.29 bits per heavy atom. The highest BCUT2D eigenvalue weighted by Gasteiger charge is 2.30. The predicted molar refractivity (Wildman–Crippen MR) is 112 cm³/mol. The number of hydrogen-bond acceptors (Lipinski definition) is 9. The van der Waals surface area contributed by atoms with E-state index in [0.29, 0.717) is 29.8 Å². The van der Waals surface area contributed by atoms with Gasteiger partial charge in [0.25, 0.3) is 15.8 Å². The third-order valence-corrected chi connectivity index (χ3v) is 5.11. The smallest absolute Gasteiger partial charge is 0.305 e. The Kier molecular flexibility index (Phi) is 5.90. The van der Waals surface area contributed by atoms with E-state index < -0.39 is 41.9 Å². The van der Waals surface area contributed by atoms with Crippen LogP contribution < -0.4 is 5.32 Å². The van der Waals surface area contributed by atoms with E-state index in [0.717, 1.165) is 5.39 Å². The largest absolute Gasteiger partial charge is 0.384 e. The van der Waals surface area contributed by atoms with Gasteiger partial charge in [-0.05, 0) is 18.4 Å². The van der Waals surface area contributed by atoms with E-state index >= 15 is 0 Å². The molecule has 0 fully saturated rings. The van der Waals surface area contributed by atoms with Crippen LogP contribution in [0.15, 0.2) is 63.7 Å². The number of nitro groups is 2. The second-order valence-electron chi connectivity index (χ2n) is 6.21. The number of non-ortho nitro benzene ring substituents is 1. The van der Waals surface area contributed by atoms with Crippen molar-refractivity contribution in [1.82, 2.24) is 0 Å². The lowest BCUT2D eigenvalue weighted by atomic mass is 10.1. The molecule has 0 amide bonds. The van der Waals surface area contributed by atoms with Gasteiger partial charge < -0.3 is 5.32 Å². The van der Waals surface area contributed by atoms with Crippen molar-refractivity contribution in [3.05, 3.63) is 68.8 Å². The summed E-state index contributed by atoms with van der Waals surface area (Å²) in [6.07, 6.45) is 0. The zero-order valence-electron chi connectivity index (χ0n) is 15.9. The molecule has 31 heavy (non-hydrogen) atoms. The maximum atomic E-state index is 11.8. The molecule has 0 atom stereocenters. The molecule has 0 aliphatic rings. The fourth-order valence-corrected chi connectivity index (χ4v) is 3.58. The van der Waals surface area contributed by atoms with Crippen LogP contribution in [0.4, 0.5) is 28.4 Å². The summed E-state index contributed by atoms with van der Waals surface area (Å²) in [7, 11) is -5.09. The quantitative estimate of drug-likeness (QED) is 0.226. The normalized spacial score (nSPS) is 11.7. The molecule has 0 saturated heterocycles. The van der Waals surface area contributed by atoms with Crippen LogP contribution in [0.25, 0.3) is 10.8 Å². The summed E-state index contributed by atoms with van der Waals surface area (Å²) < 4.78 is 33.1. The fraction of sp³-hybridized carbons (Fsp3) is 0.111. The van der Waals surface area contributed by atoms with Crippen LogP contribution in [0.3, 0.4) is 0 Å². The third kappa shape index (κ3) is 4.46. The lowest BCUT2D eigenvalue weighted by Gasteiger charge is -2.10. The summed E-state index contributed by atoms with van der Waals surface area (Å²) in [6, 6.07) is 11.7. The van der Waals surface area contributed by atoms with Crippen molar-refractivity contribution in [3.63, 3.8) is 0 Å². The van der Waals surface area contributed by atoms with Gasteiger partial charge in [0, 0.05) is 18.0 Å². The number of fused-ring (bicyclic) bond motifs is 1. The van der Waals surface area contributed by atoms with E-state index in [9.17, 15) is 33.2 Å². The standard InChI is InChI=1S/C18H15N5O7S/c1-2-19-14-8-7-11-5-3-4-6-13(11)17(14)20-21-18-15(23(26)27)9-12(22(24)25)10-16(18)31(28,29)30/h3-10,19H,2H2,1H3,(H,28,29,30). The zero-order chi connectivity index (χ0) is 22.8. The van der Waals surface area contributed by atoms with Crippen LogP contribution in [-0.4, -0.2) is 29.4 Å². The van der Waals surface area contributed by atoms with Gasteiger partial charge in [-0.15, -0.1) is 10.2 Å². The Balaban J connectivity index is 2.31. The highest BCUT2D eigenvalue weighted by Crippen LogP contribution is 2.41. The first-order valence-corrected chi connectivity index (χ1v) is 10.2. The number of nitro benzene ring substituents is 2. The van der Waals surface area contributed by atoms with E-state index in [2.05, 4.69) is 15.5 Å². The Morgan fingerprint density at radius 1 is 1.00 bits per heavy atom. The first kappa shape index (κ1) is 21.7. The van der Waals surface area contributed by atoms with Crippen molar-refractivity contribution >= 4 is 49.3 Å². The molecule has 13 heteroatoms. The van der Waals surface area contributed by atoms with Gasteiger partial charge in [-0.25, -0.2) is 0 Å². The van der Waals surface area contributed by atoms with Crippen molar-refractivity contribution in [1.29, 1.82) is 0 Å². The second kappa shape index (κ2) is 8.41. The molecule has 2 N–H and O–H groups in total. The van der Waals surface area contributed by atoms with Crippen molar-refractivity contribution in [2.24, 2.45) is 10.2 Å². The second-order valence-corrected chi connectivity index (χ2v) is 7.60. The maximum Gasteiger partial charge on any atom is 0.305 e. The first-order valence-electron chi connectivity index (χ1n) is 8.75. The zero-order valence-corrected chi connectivity index (χ0v) is 16.7. The number of benzene rings is 3. The molecule has 3 aromatic rings. The molecular weight excluding hydrogens is 430 g/mol. The first-order chi connectivity index (χ1) is 14.6. The molecule has 0 radical (unpaired) electrons. The molecule has 160 valence electrons. The fourth-order valence-electron chi connectivity index (χ4n) is 2.92. The van der Waals surface area contributed by atoms with Gasteiger partial charge >= 0.3 is 5.69 Å². The summed E-state index contributed by atoms with van der Waals surface area (Å²) in [5, 5.41) is 34.8. The van der Waals surface area contributed by atoms with Crippen LogP contribution >= 0.6 is 0 Å². The van der Waals surface area contributed by atoms with Gasteiger partial charge in [-0.3, -0.25) is 24.8 Å².